The summed E-state index contributed by atoms with van der Waals surface area (Å²) < 4.78 is 0. The zero-order valence-electron chi connectivity index (χ0n) is 14.1. The van der Waals surface area contributed by atoms with Gasteiger partial charge in [0, 0.05) is 0 Å². The Bertz CT molecular complexity index is 532. The molecule has 0 radical (unpaired) electrons. The summed E-state index contributed by atoms with van der Waals surface area (Å²) in [5.74, 6) is -0.820. The molecule has 0 saturated carbocycles. The van der Waals surface area contributed by atoms with Gasteiger partial charge in [0.1, 0.15) is 11.9 Å². The first-order valence-corrected chi connectivity index (χ1v) is 7.30. The summed E-state index contributed by atoms with van der Waals surface area (Å²) in [6, 6.07) is 3.22. The largest absolute Gasteiger partial charge is 0.507 e. The third-order valence-electron chi connectivity index (χ3n) is 3.68. The smallest absolute Gasteiger partial charge is 0.249 e. The highest BCUT2D eigenvalue weighted by Gasteiger charge is 2.30. The van der Waals surface area contributed by atoms with Gasteiger partial charge in [0.25, 0.3) is 0 Å². The van der Waals surface area contributed by atoms with Crippen LogP contribution in [0.1, 0.15) is 64.3 Å². The zero-order valence-corrected chi connectivity index (χ0v) is 14.1. The molecule has 1 amide bonds. The van der Waals surface area contributed by atoms with Crippen LogP contribution in [0.5, 0.6) is 5.75 Å². The predicted molar refractivity (Wildman–Crippen MR) is 85.7 cm³/mol. The van der Waals surface area contributed by atoms with E-state index in [-0.39, 0.29) is 16.6 Å². The Morgan fingerprint density at radius 1 is 1.00 bits per heavy atom. The number of aliphatic hydroxyl groups excluding tert-OH is 2. The molecule has 0 bridgehead atoms. The van der Waals surface area contributed by atoms with Crippen LogP contribution >= 0.6 is 0 Å². The second-order valence-corrected chi connectivity index (χ2v) is 7.76. The number of primary amides is 1. The van der Waals surface area contributed by atoms with Crippen molar-refractivity contribution in [3.05, 3.63) is 28.8 Å². The van der Waals surface area contributed by atoms with Gasteiger partial charge in [-0.15, -0.1) is 0 Å². The summed E-state index contributed by atoms with van der Waals surface area (Å²) in [6.07, 6.45) is -3.12. The lowest BCUT2D eigenvalue weighted by Crippen LogP contribution is -2.34. The molecule has 22 heavy (non-hydrogen) atoms. The van der Waals surface area contributed by atoms with E-state index in [1.807, 2.05) is 41.5 Å². The monoisotopic (exact) mass is 309 g/mol. The maximum Gasteiger partial charge on any atom is 0.249 e. The molecule has 5 nitrogen and oxygen atoms in total. The van der Waals surface area contributed by atoms with E-state index in [4.69, 9.17) is 5.73 Å². The molecule has 2 atom stereocenters. The topological polar surface area (TPSA) is 104 Å². The Balaban J connectivity index is 3.58. The lowest BCUT2D eigenvalue weighted by molar-refractivity contribution is -0.131. The molecule has 0 aromatic heterocycles. The minimum atomic E-state index is -1.69. The Morgan fingerprint density at radius 3 is 1.64 bits per heavy atom. The molecule has 5 heteroatoms. The van der Waals surface area contributed by atoms with Crippen molar-refractivity contribution in [2.75, 3.05) is 0 Å². The van der Waals surface area contributed by atoms with E-state index < -0.39 is 18.1 Å². The summed E-state index contributed by atoms with van der Waals surface area (Å²) in [4.78, 5) is 11.1. The SMILES string of the molecule is CC(C)(C)c1cc(C(O)C(O)C(N)=O)cc(C(C)(C)C)c1O. The number of hydrogen-bond acceptors (Lipinski definition) is 4. The quantitative estimate of drug-likeness (QED) is 0.684. The van der Waals surface area contributed by atoms with Gasteiger partial charge in [-0.25, -0.2) is 0 Å². The van der Waals surface area contributed by atoms with E-state index in [1.54, 1.807) is 12.1 Å². The van der Waals surface area contributed by atoms with E-state index in [0.717, 1.165) is 0 Å². The molecule has 0 fully saturated rings. The molecule has 124 valence electrons. The number of amides is 1. The number of aliphatic hydroxyl groups is 2. The summed E-state index contributed by atoms with van der Waals surface area (Å²) in [5.41, 5.74) is 5.97. The van der Waals surface area contributed by atoms with E-state index in [9.17, 15) is 20.1 Å². The second-order valence-electron chi connectivity index (χ2n) is 7.76. The molecular weight excluding hydrogens is 282 g/mol. The summed E-state index contributed by atoms with van der Waals surface area (Å²) in [6.45, 7) is 11.6. The van der Waals surface area contributed by atoms with Crippen molar-refractivity contribution in [3.63, 3.8) is 0 Å². The van der Waals surface area contributed by atoms with Gasteiger partial charge < -0.3 is 21.1 Å². The number of phenols is 1. The lowest BCUT2D eigenvalue weighted by atomic mass is 9.77. The number of nitrogens with two attached hydrogens (primary N) is 1. The van der Waals surface area contributed by atoms with Gasteiger partial charge in [0.15, 0.2) is 6.10 Å². The molecule has 0 heterocycles. The van der Waals surface area contributed by atoms with Crippen molar-refractivity contribution in [3.8, 4) is 5.75 Å². The fourth-order valence-electron chi connectivity index (χ4n) is 2.31. The first-order chi connectivity index (χ1) is 9.76. The molecule has 1 aromatic carbocycles. The number of carbonyl (C=O) groups is 1. The van der Waals surface area contributed by atoms with E-state index >= 15 is 0 Å². The molecule has 2 unspecified atom stereocenters. The molecule has 5 N–H and O–H groups in total. The first-order valence-electron chi connectivity index (χ1n) is 7.30. The van der Waals surface area contributed by atoms with Gasteiger partial charge in [-0.1, -0.05) is 41.5 Å². The van der Waals surface area contributed by atoms with Gasteiger partial charge >= 0.3 is 0 Å². The van der Waals surface area contributed by atoms with Crippen LogP contribution in [0.3, 0.4) is 0 Å². The second kappa shape index (κ2) is 5.89. The Labute approximate surface area is 131 Å². The van der Waals surface area contributed by atoms with Crippen LogP contribution in [0.15, 0.2) is 12.1 Å². The first kappa shape index (κ1) is 18.5. The van der Waals surface area contributed by atoms with Crippen LogP contribution in [0.25, 0.3) is 0 Å². The zero-order chi connectivity index (χ0) is 17.5. The van der Waals surface area contributed by atoms with Crippen LogP contribution in [-0.2, 0) is 15.6 Å². The molecule has 0 saturated heterocycles. The standard InChI is InChI=1S/C17H27NO4/c1-16(2,3)10-7-9(12(19)14(21)15(18)22)8-11(13(10)20)17(4,5)6/h7-8,12,14,19-21H,1-6H3,(H2,18,22). The van der Waals surface area contributed by atoms with E-state index in [0.29, 0.717) is 16.7 Å². The van der Waals surface area contributed by atoms with Gasteiger partial charge in [-0.3, -0.25) is 4.79 Å². The minimum absolute atomic E-state index is 0.171. The molecular formula is C17H27NO4. The van der Waals surface area contributed by atoms with Crippen LogP contribution in [0.4, 0.5) is 0 Å². The highest BCUT2D eigenvalue weighted by atomic mass is 16.3. The average molecular weight is 309 g/mol. The van der Waals surface area contributed by atoms with Gasteiger partial charge in [-0.05, 0) is 39.7 Å². The average Bonchev–Trinajstić information content (AvgIpc) is 2.34. The molecule has 0 aliphatic carbocycles. The van der Waals surface area contributed by atoms with Crippen molar-refractivity contribution in [1.29, 1.82) is 0 Å². The summed E-state index contributed by atoms with van der Waals surface area (Å²) in [7, 11) is 0. The van der Waals surface area contributed by atoms with Crippen molar-refractivity contribution in [1.82, 2.24) is 0 Å². The number of aromatic hydroxyl groups is 1. The third kappa shape index (κ3) is 3.78. The molecule has 1 aromatic rings. The van der Waals surface area contributed by atoms with Crippen LogP contribution in [0, 0.1) is 0 Å². The van der Waals surface area contributed by atoms with Crippen LogP contribution in [0.2, 0.25) is 0 Å². The highest BCUT2D eigenvalue weighted by molar-refractivity contribution is 5.79. The summed E-state index contributed by atoms with van der Waals surface area (Å²) in [5, 5.41) is 30.5. The molecule has 0 spiro atoms. The molecule has 0 aliphatic rings. The maximum atomic E-state index is 11.1. The maximum absolute atomic E-state index is 11.1. The Hall–Kier alpha value is -1.59. The van der Waals surface area contributed by atoms with E-state index in [1.165, 1.54) is 0 Å². The Kier molecular flexibility index (Phi) is 4.94. The highest BCUT2D eigenvalue weighted by Crippen LogP contribution is 2.41. The summed E-state index contributed by atoms with van der Waals surface area (Å²) >= 11 is 0. The number of benzene rings is 1. The van der Waals surface area contributed by atoms with Crippen molar-refractivity contribution >= 4 is 5.91 Å². The van der Waals surface area contributed by atoms with Gasteiger partial charge in [0.05, 0.1) is 0 Å². The third-order valence-corrected chi connectivity index (χ3v) is 3.68. The van der Waals surface area contributed by atoms with Gasteiger partial charge in [-0.2, -0.15) is 0 Å². The van der Waals surface area contributed by atoms with Crippen LogP contribution < -0.4 is 5.73 Å². The Morgan fingerprint density at radius 2 is 1.36 bits per heavy atom. The van der Waals surface area contributed by atoms with Crippen molar-refractivity contribution < 1.29 is 20.1 Å². The van der Waals surface area contributed by atoms with Gasteiger partial charge in [0.2, 0.25) is 5.91 Å². The normalized spacial score (nSPS) is 15.5. The number of carbonyl (C=O) groups excluding carboxylic acids is 1. The molecule has 1 rings (SSSR count). The fraction of sp³-hybridized carbons (Fsp3) is 0.588. The fourth-order valence-corrected chi connectivity index (χ4v) is 2.31. The number of hydrogen-bond donors (Lipinski definition) is 4. The molecule has 0 aliphatic heterocycles. The number of phenolic OH excluding ortho intramolecular Hbond substituents is 1. The van der Waals surface area contributed by atoms with Crippen LogP contribution in [-0.4, -0.2) is 27.3 Å². The van der Waals surface area contributed by atoms with E-state index in [2.05, 4.69) is 0 Å². The lowest BCUT2D eigenvalue weighted by Gasteiger charge is -2.29. The van der Waals surface area contributed by atoms with Crippen molar-refractivity contribution in [2.45, 2.75) is 64.6 Å². The number of rotatable bonds is 3. The van der Waals surface area contributed by atoms with Crippen molar-refractivity contribution in [2.24, 2.45) is 5.73 Å². The predicted octanol–water partition coefficient (Wildman–Crippen LogP) is 1.87. The minimum Gasteiger partial charge on any atom is -0.507 e.